The summed E-state index contributed by atoms with van der Waals surface area (Å²) in [5.74, 6) is 0.744. The fourth-order valence-electron chi connectivity index (χ4n) is 1.11. The fraction of sp³-hybridized carbons (Fsp3) is 0.182. The minimum Gasteiger partial charge on any atom is -0.379 e. The van der Waals surface area contributed by atoms with Gasteiger partial charge in [-0.1, -0.05) is 45.9 Å². The van der Waals surface area contributed by atoms with Crippen molar-refractivity contribution in [1.29, 1.82) is 5.41 Å². The third-order valence-corrected chi connectivity index (χ3v) is 3.05. The molecule has 0 saturated heterocycles. The predicted octanol–water partition coefficient (Wildman–Crippen LogP) is 3.90. The van der Waals surface area contributed by atoms with Gasteiger partial charge < -0.3 is 5.73 Å². The first-order valence-corrected chi connectivity index (χ1v) is 6.27. The highest BCUT2D eigenvalue weighted by molar-refractivity contribution is 9.10. The second kappa shape index (κ2) is 7.76. The molecule has 0 radical (unpaired) electrons. The number of benzene rings is 1. The highest BCUT2D eigenvalue weighted by atomic mass is 79.9. The van der Waals surface area contributed by atoms with Gasteiger partial charge in [0.05, 0.1) is 0 Å². The minimum absolute atomic E-state index is 0. The molecule has 1 aromatic carbocycles. The molecular formula is C11H14BrClN2S. The zero-order chi connectivity index (χ0) is 11.3. The van der Waals surface area contributed by atoms with Gasteiger partial charge in [-0.05, 0) is 30.2 Å². The average molecular weight is 322 g/mol. The molecule has 3 N–H and O–H groups in total. The van der Waals surface area contributed by atoms with E-state index in [1.807, 2.05) is 12.1 Å². The Morgan fingerprint density at radius 2 is 2.25 bits per heavy atom. The molecule has 0 aromatic heterocycles. The first-order valence-electron chi connectivity index (χ1n) is 4.49. The number of rotatable bonds is 3. The number of halogens is 2. The lowest BCUT2D eigenvalue weighted by Gasteiger charge is -2.02. The number of allylic oxidation sites excluding steroid dienone is 1. The molecule has 16 heavy (non-hydrogen) atoms. The Labute approximate surface area is 115 Å². The summed E-state index contributed by atoms with van der Waals surface area (Å²) in [6, 6.07) is 8.15. The monoisotopic (exact) mass is 320 g/mol. The molecule has 0 fully saturated rings. The van der Waals surface area contributed by atoms with Gasteiger partial charge in [-0.3, -0.25) is 5.41 Å². The Morgan fingerprint density at radius 3 is 2.81 bits per heavy atom. The Morgan fingerprint density at radius 1 is 1.56 bits per heavy atom. The molecule has 0 bridgehead atoms. The van der Waals surface area contributed by atoms with E-state index in [0.29, 0.717) is 0 Å². The number of nitrogens with one attached hydrogen (secondary N) is 1. The highest BCUT2D eigenvalue weighted by Crippen LogP contribution is 2.19. The largest absolute Gasteiger partial charge is 0.379 e. The van der Waals surface area contributed by atoms with E-state index in [2.05, 4.69) is 41.1 Å². The maximum atomic E-state index is 7.08. The second-order valence-electron chi connectivity index (χ2n) is 3.07. The van der Waals surface area contributed by atoms with Crippen LogP contribution in [0.1, 0.15) is 12.5 Å². The SMILES string of the molecule is CC(=CCSC(=N)N)c1cccc(Br)c1.Cl. The molecule has 1 rings (SSSR count). The Balaban J connectivity index is 0.00000225. The van der Waals surface area contributed by atoms with E-state index in [-0.39, 0.29) is 17.6 Å². The van der Waals surface area contributed by atoms with Crippen LogP contribution in [-0.2, 0) is 0 Å². The zero-order valence-corrected chi connectivity index (χ0v) is 12.1. The van der Waals surface area contributed by atoms with E-state index in [4.69, 9.17) is 11.1 Å². The summed E-state index contributed by atoms with van der Waals surface area (Å²) in [4.78, 5) is 0. The standard InChI is InChI=1S/C11H13BrN2S.ClH/c1-8(5-6-15-11(13)14)9-3-2-4-10(12)7-9;/h2-5,7H,6H2,1H3,(H3,13,14);1H. The van der Waals surface area contributed by atoms with E-state index in [1.165, 1.54) is 22.9 Å². The van der Waals surface area contributed by atoms with E-state index >= 15 is 0 Å². The normalized spacial score (nSPS) is 10.8. The van der Waals surface area contributed by atoms with Crippen LogP contribution in [0.15, 0.2) is 34.8 Å². The highest BCUT2D eigenvalue weighted by Gasteiger charge is 1.96. The van der Waals surface area contributed by atoms with Gasteiger partial charge in [0.15, 0.2) is 5.17 Å². The second-order valence-corrected chi connectivity index (χ2v) is 5.05. The van der Waals surface area contributed by atoms with Gasteiger partial charge in [0.2, 0.25) is 0 Å². The third kappa shape index (κ3) is 5.58. The molecule has 0 heterocycles. The van der Waals surface area contributed by atoms with Crippen LogP contribution in [0.3, 0.4) is 0 Å². The first kappa shape index (κ1) is 15.6. The molecule has 0 spiro atoms. The lowest BCUT2D eigenvalue weighted by Crippen LogP contribution is -2.03. The van der Waals surface area contributed by atoms with Crippen molar-refractivity contribution in [2.24, 2.45) is 5.73 Å². The minimum atomic E-state index is 0. The molecule has 0 saturated carbocycles. The molecule has 0 amide bonds. The van der Waals surface area contributed by atoms with Crippen molar-refractivity contribution < 1.29 is 0 Å². The van der Waals surface area contributed by atoms with Crippen LogP contribution in [-0.4, -0.2) is 10.9 Å². The number of hydrogen-bond donors (Lipinski definition) is 2. The summed E-state index contributed by atoms with van der Waals surface area (Å²) >= 11 is 4.77. The lowest BCUT2D eigenvalue weighted by atomic mass is 10.1. The number of amidine groups is 1. The van der Waals surface area contributed by atoms with Gasteiger partial charge in [0, 0.05) is 10.2 Å². The summed E-state index contributed by atoms with van der Waals surface area (Å²) in [6.45, 7) is 2.06. The van der Waals surface area contributed by atoms with Crippen LogP contribution >= 0.6 is 40.1 Å². The van der Waals surface area contributed by atoms with Crippen molar-refractivity contribution in [2.45, 2.75) is 6.92 Å². The molecule has 88 valence electrons. The summed E-state index contributed by atoms with van der Waals surface area (Å²) in [7, 11) is 0. The van der Waals surface area contributed by atoms with E-state index < -0.39 is 0 Å². The number of thioether (sulfide) groups is 1. The third-order valence-electron chi connectivity index (χ3n) is 1.91. The summed E-state index contributed by atoms with van der Waals surface area (Å²) in [6.07, 6.45) is 2.08. The van der Waals surface area contributed by atoms with E-state index in [9.17, 15) is 0 Å². The van der Waals surface area contributed by atoms with Crippen molar-refractivity contribution in [2.75, 3.05) is 5.75 Å². The number of nitrogens with two attached hydrogens (primary N) is 1. The van der Waals surface area contributed by atoms with Crippen LogP contribution in [0, 0.1) is 5.41 Å². The average Bonchev–Trinajstić information content (AvgIpc) is 2.17. The van der Waals surface area contributed by atoms with E-state index in [0.717, 1.165) is 10.2 Å². The van der Waals surface area contributed by atoms with Crippen molar-refractivity contribution in [3.63, 3.8) is 0 Å². The number of hydrogen-bond acceptors (Lipinski definition) is 2. The summed E-state index contributed by atoms with van der Waals surface area (Å²) in [5, 5.41) is 7.24. The maximum Gasteiger partial charge on any atom is 0.151 e. The lowest BCUT2D eigenvalue weighted by molar-refractivity contribution is 1.50. The quantitative estimate of drug-likeness (QED) is 0.655. The Kier molecular flexibility index (Phi) is 7.55. The van der Waals surface area contributed by atoms with Crippen LogP contribution in [0.4, 0.5) is 0 Å². The van der Waals surface area contributed by atoms with Crippen LogP contribution in [0.2, 0.25) is 0 Å². The maximum absolute atomic E-state index is 7.08. The first-order chi connectivity index (χ1) is 7.09. The van der Waals surface area contributed by atoms with Gasteiger partial charge in [-0.2, -0.15) is 0 Å². The fourth-order valence-corrected chi connectivity index (χ4v) is 2.02. The molecule has 5 heteroatoms. The van der Waals surface area contributed by atoms with Crippen molar-refractivity contribution in [1.82, 2.24) is 0 Å². The zero-order valence-electron chi connectivity index (χ0n) is 8.87. The molecule has 0 aliphatic rings. The van der Waals surface area contributed by atoms with Gasteiger partial charge in [0.25, 0.3) is 0 Å². The molecular weight excluding hydrogens is 308 g/mol. The van der Waals surface area contributed by atoms with Crippen LogP contribution in [0.5, 0.6) is 0 Å². The van der Waals surface area contributed by atoms with Crippen molar-refractivity contribution in [3.8, 4) is 0 Å². The van der Waals surface area contributed by atoms with Crippen molar-refractivity contribution in [3.05, 3.63) is 40.4 Å². The molecule has 0 atom stereocenters. The molecule has 2 nitrogen and oxygen atoms in total. The predicted molar refractivity (Wildman–Crippen MR) is 79.4 cm³/mol. The Bertz CT molecular complexity index is 393. The summed E-state index contributed by atoms with van der Waals surface area (Å²) < 4.78 is 1.08. The molecule has 1 aromatic rings. The van der Waals surface area contributed by atoms with Gasteiger partial charge in [-0.25, -0.2) is 0 Å². The van der Waals surface area contributed by atoms with Crippen LogP contribution in [0.25, 0.3) is 5.57 Å². The summed E-state index contributed by atoms with van der Waals surface area (Å²) in [5.41, 5.74) is 7.64. The molecule has 0 aliphatic heterocycles. The van der Waals surface area contributed by atoms with Crippen molar-refractivity contribution >= 4 is 50.8 Å². The van der Waals surface area contributed by atoms with Gasteiger partial charge >= 0.3 is 0 Å². The molecule has 0 unspecified atom stereocenters. The van der Waals surface area contributed by atoms with Crippen LogP contribution < -0.4 is 5.73 Å². The topological polar surface area (TPSA) is 49.9 Å². The van der Waals surface area contributed by atoms with Gasteiger partial charge in [0.1, 0.15) is 0 Å². The van der Waals surface area contributed by atoms with E-state index in [1.54, 1.807) is 0 Å². The van der Waals surface area contributed by atoms with Gasteiger partial charge in [-0.15, -0.1) is 12.4 Å². The molecule has 0 aliphatic carbocycles. The smallest absolute Gasteiger partial charge is 0.151 e. The Hall–Kier alpha value is -0.450.